The summed E-state index contributed by atoms with van der Waals surface area (Å²) in [6.45, 7) is 7.62. The van der Waals surface area contributed by atoms with Gasteiger partial charge in [-0.25, -0.2) is 4.79 Å². The minimum absolute atomic E-state index is 0.101. The summed E-state index contributed by atoms with van der Waals surface area (Å²) in [7, 11) is 0. The van der Waals surface area contributed by atoms with Gasteiger partial charge in [-0.2, -0.15) is 0 Å². The van der Waals surface area contributed by atoms with Crippen LogP contribution in [0.25, 0.3) is 0 Å². The molecule has 7 heteroatoms. The zero-order valence-electron chi connectivity index (χ0n) is 15.3. The Hall–Kier alpha value is -2.57. The van der Waals surface area contributed by atoms with Crippen LogP contribution in [-0.4, -0.2) is 43.1 Å². The van der Waals surface area contributed by atoms with E-state index in [1.54, 1.807) is 20.8 Å². The molecule has 0 atom stereocenters. The molecule has 0 aliphatic rings. The Morgan fingerprint density at radius 3 is 2.16 bits per heavy atom. The molecule has 7 nitrogen and oxygen atoms in total. The van der Waals surface area contributed by atoms with Crippen molar-refractivity contribution < 1.29 is 19.1 Å². The average Bonchev–Trinajstić information content (AvgIpc) is 2.50. The maximum absolute atomic E-state index is 11.9. The molecule has 1 aromatic rings. The smallest absolute Gasteiger partial charge is 0.408 e. The molecule has 3 N–H and O–H groups in total. The van der Waals surface area contributed by atoms with Crippen LogP contribution in [-0.2, 0) is 20.7 Å². The van der Waals surface area contributed by atoms with Gasteiger partial charge < -0.3 is 20.7 Å². The second kappa shape index (κ2) is 9.66. The molecule has 1 aromatic carbocycles. The zero-order valence-corrected chi connectivity index (χ0v) is 15.3. The molecular weight excluding hydrogens is 322 g/mol. The quantitative estimate of drug-likeness (QED) is 0.646. The fourth-order valence-corrected chi connectivity index (χ4v) is 1.98. The van der Waals surface area contributed by atoms with E-state index in [-0.39, 0.29) is 24.9 Å². The van der Waals surface area contributed by atoms with Crippen molar-refractivity contribution in [2.45, 2.75) is 39.7 Å². The number of alkyl carbamates (subject to hydrolysis) is 1. The monoisotopic (exact) mass is 349 g/mol. The fourth-order valence-electron chi connectivity index (χ4n) is 1.98. The molecular formula is C18H27N3O4. The van der Waals surface area contributed by atoms with Gasteiger partial charge in [0.25, 0.3) is 0 Å². The van der Waals surface area contributed by atoms with Crippen molar-refractivity contribution in [1.29, 1.82) is 0 Å². The fraction of sp³-hybridized carbons (Fsp3) is 0.500. The highest BCUT2D eigenvalue weighted by Gasteiger charge is 2.16. The molecule has 1 rings (SSSR count). The Balaban J connectivity index is 2.16. The number of hydrogen-bond donors (Lipinski definition) is 3. The summed E-state index contributed by atoms with van der Waals surface area (Å²) in [5.41, 5.74) is 1.44. The van der Waals surface area contributed by atoms with Gasteiger partial charge in [-0.15, -0.1) is 0 Å². The van der Waals surface area contributed by atoms with Crippen molar-refractivity contribution >= 4 is 17.9 Å². The van der Waals surface area contributed by atoms with Crippen LogP contribution < -0.4 is 16.0 Å². The van der Waals surface area contributed by atoms with Crippen LogP contribution in [0.5, 0.6) is 0 Å². The number of benzene rings is 1. The number of rotatable bonds is 7. The van der Waals surface area contributed by atoms with Crippen LogP contribution in [0.1, 0.15) is 31.9 Å². The van der Waals surface area contributed by atoms with Crippen molar-refractivity contribution in [3.8, 4) is 0 Å². The number of aryl methyl sites for hydroxylation is 1. The Bertz CT molecular complexity index is 609. The number of hydrogen-bond acceptors (Lipinski definition) is 4. The summed E-state index contributed by atoms with van der Waals surface area (Å²) >= 11 is 0. The molecule has 25 heavy (non-hydrogen) atoms. The molecule has 0 saturated carbocycles. The van der Waals surface area contributed by atoms with Crippen molar-refractivity contribution in [2.24, 2.45) is 0 Å². The molecule has 0 heterocycles. The zero-order chi connectivity index (χ0) is 18.9. The Morgan fingerprint density at radius 1 is 0.960 bits per heavy atom. The summed E-state index contributed by atoms with van der Waals surface area (Å²) in [5, 5.41) is 7.72. The van der Waals surface area contributed by atoms with Gasteiger partial charge in [0.05, 0.1) is 13.0 Å². The first-order chi connectivity index (χ1) is 11.7. The molecule has 0 aromatic heterocycles. The van der Waals surface area contributed by atoms with Crippen LogP contribution in [0.3, 0.4) is 0 Å². The van der Waals surface area contributed by atoms with E-state index in [9.17, 15) is 14.4 Å². The number of carbonyl (C=O) groups excluding carboxylic acids is 3. The van der Waals surface area contributed by atoms with Crippen molar-refractivity contribution in [3.63, 3.8) is 0 Å². The minimum atomic E-state index is -0.644. The number of carbonyl (C=O) groups is 3. The molecule has 0 unspecified atom stereocenters. The van der Waals surface area contributed by atoms with Crippen molar-refractivity contribution in [3.05, 3.63) is 35.4 Å². The predicted molar refractivity (Wildman–Crippen MR) is 95.1 cm³/mol. The third kappa shape index (κ3) is 9.34. The molecule has 0 bridgehead atoms. The molecule has 138 valence electrons. The average molecular weight is 349 g/mol. The highest BCUT2D eigenvalue weighted by Crippen LogP contribution is 2.07. The maximum Gasteiger partial charge on any atom is 0.408 e. The summed E-state index contributed by atoms with van der Waals surface area (Å²) in [5.74, 6) is -0.450. The SMILES string of the molecule is Cc1ccccc1CC(=O)NCCNC(=O)CNC(=O)OC(C)(C)C. The normalized spacial score (nSPS) is 10.7. The van der Waals surface area contributed by atoms with Crippen LogP contribution in [0, 0.1) is 6.92 Å². The van der Waals surface area contributed by atoms with E-state index >= 15 is 0 Å². The first-order valence-corrected chi connectivity index (χ1v) is 8.22. The lowest BCUT2D eigenvalue weighted by atomic mass is 10.1. The highest BCUT2D eigenvalue weighted by molar-refractivity contribution is 5.82. The summed E-state index contributed by atoms with van der Waals surface area (Å²) in [6.07, 6.45) is -0.338. The van der Waals surface area contributed by atoms with E-state index in [0.717, 1.165) is 11.1 Å². The molecule has 0 saturated heterocycles. The van der Waals surface area contributed by atoms with Gasteiger partial charge in [-0.1, -0.05) is 24.3 Å². The van der Waals surface area contributed by atoms with Crippen LogP contribution in [0.2, 0.25) is 0 Å². The Kier molecular flexibility index (Phi) is 7.91. The van der Waals surface area contributed by atoms with Crippen LogP contribution in [0.15, 0.2) is 24.3 Å². The summed E-state index contributed by atoms with van der Waals surface area (Å²) < 4.78 is 5.02. The van der Waals surface area contributed by atoms with E-state index in [1.807, 2.05) is 31.2 Å². The predicted octanol–water partition coefficient (Wildman–Crippen LogP) is 1.29. The van der Waals surface area contributed by atoms with E-state index < -0.39 is 11.7 Å². The molecule has 0 aliphatic carbocycles. The van der Waals surface area contributed by atoms with Gasteiger partial charge in [0.15, 0.2) is 0 Å². The van der Waals surface area contributed by atoms with E-state index in [1.165, 1.54) is 0 Å². The van der Waals surface area contributed by atoms with Gasteiger partial charge in [0.1, 0.15) is 5.60 Å². The number of amides is 3. The number of nitrogens with one attached hydrogen (secondary N) is 3. The lowest BCUT2D eigenvalue weighted by Gasteiger charge is -2.19. The van der Waals surface area contributed by atoms with Crippen molar-refractivity contribution in [1.82, 2.24) is 16.0 Å². The third-order valence-electron chi connectivity index (χ3n) is 3.17. The standard InChI is InChI=1S/C18H27N3O4/c1-13-7-5-6-8-14(13)11-15(22)19-9-10-20-16(23)12-21-17(24)25-18(2,3)4/h5-8H,9-12H2,1-4H3,(H,19,22)(H,20,23)(H,21,24). The van der Waals surface area contributed by atoms with Gasteiger partial charge in [-0.05, 0) is 38.8 Å². The lowest BCUT2D eigenvalue weighted by molar-refractivity contribution is -0.122. The first kappa shape index (κ1) is 20.5. The maximum atomic E-state index is 11.9. The summed E-state index contributed by atoms with van der Waals surface area (Å²) in [6, 6.07) is 7.70. The molecule has 3 amide bonds. The topological polar surface area (TPSA) is 96.5 Å². The highest BCUT2D eigenvalue weighted by atomic mass is 16.6. The Labute approximate surface area is 148 Å². The minimum Gasteiger partial charge on any atom is -0.444 e. The molecule has 0 fully saturated rings. The van der Waals surface area contributed by atoms with Crippen LogP contribution in [0.4, 0.5) is 4.79 Å². The molecule has 0 aliphatic heterocycles. The van der Waals surface area contributed by atoms with Gasteiger partial charge in [0, 0.05) is 13.1 Å². The number of ether oxygens (including phenoxy) is 1. The lowest BCUT2D eigenvalue weighted by Crippen LogP contribution is -2.42. The van der Waals surface area contributed by atoms with Gasteiger partial charge in [0.2, 0.25) is 11.8 Å². The van der Waals surface area contributed by atoms with Gasteiger partial charge >= 0.3 is 6.09 Å². The van der Waals surface area contributed by atoms with E-state index in [0.29, 0.717) is 13.0 Å². The second-order valence-corrected chi connectivity index (χ2v) is 6.66. The molecule has 0 radical (unpaired) electrons. The third-order valence-corrected chi connectivity index (χ3v) is 3.17. The Morgan fingerprint density at radius 2 is 1.56 bits per heavy atom. The second-order valence-electron chi connectivity index (χ2n) is 6.66. The van der Waals surface area contributed by atoms with E-state index in [2.05, 4.69) is 16.0 Å². The van der Waals surface area contributed by atoms with Gasteiger partial charge in [-0.3, -0.25) is 9.59 Å². The summed E-state index contributed by atoms with van der Waals surface area (Å²) in [4.78, 5) is 34.9. The largest absolute Gasteiger partial charge is 0.444 e. The first-order valence-electron chi connectivity index (χ1n) is 8.22. The van der Waals surface area contributed by atoms with Crippen LogP contribution >= 0.6 is 0 Å². The van der Waals surface area contributed by atoms with E-state index in [4.69, 9.17) is 4.74 Å². The van der Waals surface area contributed by atoms with Crippen molar-refractivity contribution in [2.75, 3.05) is 19.6 Å². The molecule has 0 spiro atoms.